The van der Waals surface area contributed by atoms with Gasteiger partial charge in [-0.3, -0.25) is 4.98 Å². The van der Waals surface area contributed by atoms with Crippen molar-refractivity contribution >= 4 is 0 Å². The van der Waals surface area contributed by atoms with E-state index < -0.39 is 6.10 Å². The lowest BCUT2D eigenvalue weighted by molar-refractivity contribution is 0.0764. The van der Waals surface area contributed by atoms with Gasteiger partial charge in [-0.25, -0.2) is 0 Å². The number of aryl methyl sites for hydroxylation is 1. The van der Waals surface area contributed by atoms with Crippen molar-refractivity contribution in [3.8, 4) is 5.75 Å². The second-order valence-electron chi connectivity index (χ2n) is 5.60. The highest BCUT2D eigenvalue weighted by Crippen LogP contribution is 2.16. The van der Waals surface area contributed by atoms with Crippen LogP contribution in [0.3, 0.4) is 0 Å². The Kier molecular flexibility index (Phi) is 6.37. The summed E-state index contributed by atoms with van der Waals surface area (Å²) in [6.45, 7) is 3.80. The summed E-state index contributed by atoms with van der Waals surface area (Å²) in [5.74, 6) is 0.834. The Hall–Kier alpha value is -1.91. The molecule has 22 heavy (non-hydrogen) atoms. The summed E-state index contributed by atoms with van der Waals surface area (Å²) in [6.07, 6.45) is 4.06. The van der Waals surface area contributed by atoms with Crippen LogP contribution in [-0.2, 0) is 6.42 Å². The van der Waals surface area contributed by atoms with E-state index in [1.54, 1.807) is 12.4 Å². The quantitative estimate of drug-likeness (QED) is 0.812. The number of benzene rings is 1. The molecule has 0 aliphatic rings. The van der Waals surface area contributed by atoms with Gasteiger partial charge >= 0.3 is 0 Å². The largest absolute Gasteiger partial charge is 0.491 e. The summed E-state index contributed by atoms with van der Waals surface area (Å²) in [5, 5.41) is 10.1. The maximum absolute atomic E-state index is 10.1. The fourth-order valence-corrected chi connectivity index (χ4v) is 2.28. The molecule has 1 heterocycles. The zero-order valence-corrected chi connectivity index (χ0v) is 13.3. The third-order valence-corrected chi connectivity index (χ3v) is 3.58. The summed E-state index contributed by atoms with van der Waals surface area (Å²) >= 11 is 0. The second kappa shape index (κ2) is 8.51. The molecule has 0 spiro atoms. The Morgan fingerprint density at radius 3 is 2.64 bits per heavy atom. The van der Waals surface area contributed by atoms with Crippen LogP contribution in [0.25, 0.3) is 0 Å². The molecule has 1 aromatic carbocycles. The normalized spacial score (nSPS) is 12.4. The van der Waals surface area contributed by atoms with Gasteiger partial charge < -0.3 is 14.7 Å². The molecule has 4 nitrogen and oxygen atoms in total. The first-order chi connectivity index (χ1) is 10.6. The lowest BCUT2D eigenvalue weighted by atomic mass is 10.2. The number of ether oxygens (including phenoxy) is 1. The summed E-state index contributed by atoms with van der Waals surface area (Å²) in [6, 6.07) is 11.9. The number of aromatic nitrogens is 1. The monoisotopic (exact) mass is 300 g/mol. The molecule has 1 aromatic heterocycles. The van der Waals surface area contributed by atoms with Crippen molar-refractivity contribution in [3.63, 3.8) is 0 Å². The van der Waals surface area contributed by atoms with Gasteiger partial charge in [0.1, 0.15) is 18.5 Å². The first-order valence-electron chi connectivity index (χ1n) is 7.59. The van der Waals surface area contributed by atoms with Crippen LogP contribution in [0.5, 0.6) is 5.75 Å². The minimum Gasteiger partial charge on any atom is -0.491 e. The standard InChI is InChI=1S/C18H24N2O2/c1-15-5-3-4-6-18(15)22-14-17(21)13-20(2)12-9-16-7-10-19-11-8-16/h3-8,10-11,17,21H,9,12-14H2,1-2H3. The van der Waals surface area contributed by atoms with E-state index in [1.807, 2.05) is 50.4 Å². The fourth-order valence-electron chi connectivity index (χ4n) is 2.28. The number of nitrogens with zero attached hydrogens (tertiary/aromatic N) is 2. The van der Waals surface area contributed by atoms with Crippen LogP contribution in [0.15, 0.2) is 48.8 Å². The predicted octanol–water partition coefficient (Wildman–Crippen LogP) is 2.30. The SMILES string of the molecule is Cc1ccccc1OCC(O)CN(C)CCc1ccncc1. The van der Waals surface area contributed by atoms with Gasteiger partial charge in [0.25, 0.3) is 0 Å². The van der Waals surface area contributed by atoms with Gasteiger partial charge in [0.2, 0.25) is 0 Å². The van der Waals surface area contributed by atoms with Crippen molar-refractivity contribution in [2.24, 2.45) is 0 Å². The lowest BCUT2D eigenvalue weighted by Crippen LogP contribution is -2.34. The van der Waals surface area contributed by atoms with E-state index in [2.05, 4.69) is 9.88 Å². The molecule has 2 aromatic rings. The molecule has 118 valence electrons. The Morgan fingerprint density at radius 2 is 1.91 bits per heavy atom. The smallest absolute Gasteiger partial charge is 0.122 e. The summed E-state index contributed by atoms with van der Waals surface area (Å²) in [7, 11) is 2.01. The number of aliphatic hydroxyl groups excluding tert-OH is 1. The van der Waals surface area contributed by atoms with Gasteiger partial charge in [-0.15, -0.1) is 0 Å². The van der Waals surface area contributed by atoms with Crippen molar-refractivity contribution in [2.45, 2.75) is 19.4 Å². The van der Waals surface area contributed by atoms with Gasteiger partial charge in [-0.1, -0.05) is 18.2 Å². The van der Waals surface area contributed by atoms with Crippen LogP contribution in [-0.4, -0.2) is 47.8 Å². The molecule has 0 saturated carbocycles. The molecule has 0 aliphatic carbocycles. The fraction of sp³-hybridized carbons (Fsp3) is 0.389. The van der Waals surface area contributed by atoms with Gasteiger partial charge in [0, 0.05) is 25.5 Å². The van der Waals surface area contributed by atoms with Crippen molar-refractivity contribution in [3.05, 3.63) is 59.9 Å². The van der Waals surface area contributed by atoms with Crippen LogP contribution in [0.4, 0.5) is 0 Å². The first-order valence-corrected chi connectivity index (χ1v) is 7.59. The average molecular weight is 300 g/mol. The molecule has 1 unspecified atom stereocenters. The number of likely N-dealkylation sites (N-methyl/N-ethyl adjacent to an activating group) is 1. The van der Waals surface area contributed by atoms with Crippen LogP contribution < -0.4 is 4.74 Å². The summed E-state index contributed by atoms with van der Waals surface area (Å²) < 4.78 is 5.68. The maximum Gasteiger partial charge on any atom is 0.122 e. The second-order valence-corrected chi connectivity index (χ2v) is 5.60. The van der Waals surface area contributed by atoms with Gasteiger partial charge in [-0.05, 0) is 49.7 Å². The molecule has 4 heteroatoms. The molecule has 1 N–H and O–H groups in total. The third-order valence-electron chi connectivity index (χ3n) is 3.58. The van der Waals surface area contributed by atoms with Crippen molar-refractivity contribution < 1.29 is 9.84 Å². The van der Waals surface area contributed by atoms with E-state index >= 15 is 0 Å². The van der Waals surface area contributed by atoms with E-state index in [0.29, 0.717) is 13.2 Å². The molecule has 2 rings (SSSR count). The number of hydrogen-bond donors (Lipinski definition) is 1. The molecule has 0 saturated heterocycles. The van der Waals surface area contributed by atoms with E-state index in [0.717, 1.165) is 24.3 Å². The van der Waals surface area contributed by atoms with Crippen molar-refractivity contribution in [1.29, 1.82) is 0 Å². The van der Waals surface area contributed by atoms with Gasteiger partial charge in [0.15, 0.2) is 0 Å². The topological polar surface area (TPSA) is 45.6 Å². The van der Waals surface area contributed by atoms with E-state index in [-0.39, 0.29) is 0 Å². The molecule has 0 aliphatic heterocycles. The van der Waals surface area contributed by atoms with Gasteiger partial charge in [-0.2, -0.15) is 0 Å². The highest BCUT2D eigenvalue weighted by Gasteiger charge is 2.10. The van der Waals surface area contributed by atoms with Crippen LogP contribution in [0.1, 0.15) is 11.1 Å². The van der Waals surface area contributed by atoms with Crippen LogP contribution >= 0.6 is 0 Å². The highest BCUT2D eigenvalue weighted by atomic mass is 16.5. The Morgan fingerprint density at radius 1 is 1.18 bits per heavy atom. The number of hydrogen-bond acceptors (Lipinski definition) is 4. The lowest BCUT2D eigenvalue weighted by Gasteiger charge is -2.21. The zero-order valence-electron chi connectivity index (χ0n) is 13.3. The van der Waals surface area contributed by atoms with Crippen molar-refractivity contribution in [2.75, 3.05) is 26.7 Å². The molecule has 0 bridgehead atoms. The number of pyridine rings is 1. The molecule has 0 amide bonds. The van der Waals surface area contributed by atoms with E-state index in [1.165, 1.54) is 5.56 Å². The summed E-state index contributed by atoms with van der Waals surface area (Å²) in [5.41, 5.74) is 2.34. The Bertz CT molecular complexity index is 560. The minimum absolute atomic E-state index is 0.310. The third kappa shape index (κ3) is 5.47. The van der Waals surface area contributed by atoms with Crippen molar-refractivity contribution in [1.82, 2.24) is 9.88 Å². The average Bonchev–Trinajstić information content (AvgIpc) is 2.53. The highest BCUT2D eigenvalue weighted by molar-refractivity contribution is 5.31. The zero-order chi connectivity index (χ0) is 15.8. The van der Waals surface area contributed by atoms with Crippen LogP contribution in [0, 0.1) is 6.92 Å². The number of para-hydroxylation sites is 1. The molecular formula is C18H24N2O2. The molecule has 0 fully saturated rings. The maximum atomic E-state index is 10.1. The number of aliphatic hydroxyl groups is 1. The first kappa shape index (κ1) is 16.5. The minimum atomic E-state index is -0.498. The molecule has 0 radical (unpaired) electrons. The Labute approximate surface area is 132 Å². The van der Waals surface area contributed by atoms with Crippen LogP contribution in [0.2, 0.25) is 0 Å². The Balaban J connectivity index is 1.70. The predicted molar refractivity (Wildman–Crippen MR) is 88.1 cm³/mol. The van der Waals surface area contributed by atoms with Gasteiger partial charge in [0.05, 0.1) is 0 Å². The van der Waals surface area contributed by atoms with E-state index in [4.69, 9.17) is 4.74 Å². The molecule has 1 atom stereocenters. The van der Waals surface area contributed by atoms with E-state index in [9.17, 15) is 5.11 Å². The number of rotatable bonds is 8. The summed E-state index contributed by atoms with van der Waals surface area (Å²) in [4.78, 5) is 6.13. The molecular weight excluding hydrogens is 276 g/mol.